The van der Waals surface area contributed by atoms with Crippen LogP contribution >= 0.6 is 0 Å². The molecule has 2 aromatic heterocycles. The summed E-state index contributed by atoms with van der Waals surface area (Å²) in [5, 5.41) is 3.57. The van der Waals surface area contributed by atoms with Crippen LogP contribution in [0.25, 0.3) is 0 Å². The summed E-state index contributed by atoms with van der Waals surface area (Å²) in [4.78, 5) is 10.6. The molecule has 1 saturated carbocycles. The number of ether oxygens (including phenoxy) is 1. The molecule has 2 aromatic rings. The van der Waals surface area contributed by atoms with E-state index >= 15 is 0 Å². The average molecular weight is 432 g/mol. The van der Waals surface area contributed by atoms with E-state index in [9.17, 15) is 8.42 Å². The molecule has 0 spiro atoms. The molecule has 1 saturated heterocycles. The topological polar surface area (TPSA) is 96.5 Å². The van der Waals surface area contributed by atoms with E-state index in [0.29, 0.717) is 38.2 Å². The number of nitrogens with one attached hydrogen (secondary N) is 2. The van der Waals surface area contributed by atoms with Gasteiger partial charge in [0.2, 0.25) is 10.0 Å². The van der Waals surface area contributed by atoms with Gasteiger partial charge in [0.25, 0.3) is 0 Å². The summed E-state index contributed by atoms with van der Waals surface area (Å²) in [6, 6.07) is 7.69. The number of nitrogens with zero attached hydrogens (tertiary/aromatic N) is 3. The minimum Gasteiger partial charge on any atom is -0.378 e. The number of aromatic nitrogens is 2. The summed E-state index contributed by atoms with van der Waals surface area (Å²) in [6.45, 7) is 3.27. The van der Waals surface area contributed by atoms with Gasteiger partial charge in [0.05, 0.1) is 13.2 Å². The molecule has 4 rings (SSSR count). The number of morpholine rings is 1. The summed E-state index contributed by atoms with van der Waals surface area (Å²) in [7, 11) is -3.63. The third-order valence-electron chi connectivity index (χ3n) is 5.74. The van der Waals surface area contributed by atoms with Crippen LogP contribution in [0.5, 0.6) is 0 Å². The Morgan fingerprint density at radius 2 is 1.70 bits per heavy atom. The Labute approximate surface area is 178 Å². The van der Waals surface area contributed by atoms with Crippen LogP contribution in [0.15, 0.2) is 47.8 Å². The van der Waals surface area contributed by atoms with Gasteiger partial charge in [-0.2, -0.15) is 0 Å². The Bertz CT molecular complexity index is 911. The smallest absolute Gasteiger partial charge is 0.244 e. The van der Waals surface area contributed by atoms with Crippen molar-refractivity contribution in [3.05, 3.63) is 48.4 Å². The zero-order valence-electron chi connectivity index (χ0n) is 17.0. The molecule has 1 aliphatic carbocycles. The molecule has 9 heteroatoms. The third kappa shape index (κ3) is 5.34. The Morgan fingerprint density at radius 3 is 2.43 bits per heavy atom. The number of anilines is 1. The summed E-state index contributed by atoms with van der Waals surface area (Å²) >= 11 is 0. The fourth-order valence-electron chi connectivity index (χ4n) is 4.07. The van der Waals surface area contributed by atoms with Gasteiger partial charge in [-0.05, 0) is 55.5 Å². The molecule has 0 atom stereocenters. The third-order valence-corrected chi connectivity index (χ3v) is 7.29. The number of pyridine rings is 2. The molecule has 0 unspecified atom stereocenters. The lowest BCUT2D eigenvalue weighted by Gasteiger charge is -2.31. The highest BCUT2D eigenvalue weighted by atomic mass is 32.2. The number of hydrogen-bond donors (Lipinski definition) is 2. The minimum atomic E-state index is -3.63. The number of hydrogen-bond acceptors (Lipinski definition) is 7. The van der Waals surface area contributed by atoms with Crippen LogP contribution in [-0.4, -0.2) is 56.8 Å². The maximum absolute atomic E-state index is 13.1. The van der Waals surface area contributed by atoms with Crippen molar-refractivity contribution in [3.8, 4) is 0 Å². The second kappa shape index (κ2) is 9.82. The van der Waals surface area contributed by atoms with Crippen molar-refractivity contribution < 1.29 is 13.2 Å². The fraction of sp³-hybridized carbons (Fsp3) is 0.524. The molecule has 0 bridgehead atoms. The van der Waals surface area contributed by atoms with Crippen LogP contribution in [0.3, 0.4) is 0 Å². The Morgan fingerprint density at radius 1 is 1.00 bits per heavy atom. The van der Waals surface area contributed by atoms with Crippen molar-refractivity contribution in [2.75, 3.05) is 31.2 Å². The van der Waals surface area contributed by atoms with Crippen molar-refractivity contribution in [1.29, 1.82) is 0 Å². The van der Waals surface area contributed by atoms with Crippen LogP contribution in [0.2, 0.25) is 0 Å². The predicted octanol–water partition coefficient (Wildman–Crippen LogP) is 1.69. The zero-order chi connectivity index (χ0) is 20.8. The summed E-state index contributed by atoms with van der Waals surface area (Å²) in [5.41, 5.74) is 1.21. The van der Waals surface area contributed by atoms with E-state index in [-0.39, 0.29) is 10.9 Å². The van der Waals surface area contributed by atoms with Gasteiger partial charge < -0.3 is 15.0 Å². The molecule has 1 aliphatic heterocycles. The Balaban J connectivity index is 1.33. The van der Waals surface area contributed by atoms with Gasteiger partial charge in [0.1, 0.15) is 10.7 Å². The fourth-order valence-corrected chi connectivity index (χ4v) is 5.55. The zero-order valence-corrected chi connectivity index (χ0v) is 17.9. The molecule has 30 heavy (non-hydrogen) atoms. The van der Waals surface area contributed by atoms with Crippen LogP contribution < -0.4 is 14.9 Å². The van der Waals surface area contributed by atoms with Crippen molar-refractivity contribution in [2.24, 2.45) is 0 Å². The van der Waals surface area contributed by atoms with Crippen molar-refractivity contribution in [3.63, 3.8) is 0 Å². The predicted molar refractivity (Wildman–Crippen MR) is 115 cm³/mol. The van der Waals surface area contributed by atoms with E-state index in [1.54, 1.807) is 30.7 Å². The van der Waals surface area contributed by atoms with E-state index < -0.39 is 10.0 Å². The first-order chi connectivity index (χ1) is 14.6. The molecule has 8 nitrogen and oxygen atoms in total. The second-order valence-electron chi connectivity index (χ2n) is 7.83. The number of rotatable bonds is 7. The van der Waals surface area contributed by atoms with Gasteiger partial charge >= 0.3 is 0 Å². The molecular weight excluding hydrogens is 402 g/mol. The summed E-state index contributed by atoms with van der Waals surface area (Å²) < 4.78 is 34.6. The molecule has 0 amide bonds. The quantitative estimate of drug-likeness (QED) is 0.689. The van der Waals surface area contributed by atoms with E-state index in [2.05, 4.69) is 20.0 Å². The van der Waals surface area contributed by atoms with Gasteiger partial charge in [-0.15, -0.1) is 0 Å². The van der Waals surface area contributed by atoms with Crippen molar-refractivity contribution in [2.45, 2.75) is 49.2 Å². The average Bonchev–Trinajstić information content (AvgIpc) is 2.80. The maximum atomic E-state index is 13.1. The molecule has 3 heterocycles. The molecule has 162 valence electrons. The first-order valence-corrected chi connectivity index (χ1v) is 12.0. The van der Waals surface area contributed by atoms with Gasteiger partial charge in [0.15, 0.2) is 0 Å². The first-order valence-electron chi connectivity index (χ1n) is 10.5. The van der Waals surface area contributed by atoms with Crippen molar-refractivity contribution in [1.82, 2.24) is 20.0 Å². The normalized spacial score (nSPS) is 22.7. The Hall–Kier alpha value is -2.07. The lowest BCUT2D eigenvalue weighted by molar-refractivity contribution is 0.122. The van der Waals surface area contributed by atoms with Crippen LogP contribution in [0, 0.1) is 0 Å². The van der Waals surface area contributed by atoms with Crippen molar-refractivity contribution >= 4 is 15.8 Å². The maximum Gasteiger partial charge on any atom is 0.244 e. The molecule has 2 fully saturated rings. The van der Waals surface area contributed by atoms with Gasteiger partial charge in [-0.25, -0.2) is 18.1 Å². The van der Waals surface area contributed by atoms with E-state index in [4.69, 9.17) is 4.74 Å². The summed E-state index contributed by atoms with van der Waals surface area (Å²) in [5.74, 6) is 0.515. The van der Waals surface area contributed by atoms with E-state index in [0.717, 1.165) is 32.2 Å². The van der Waals surface area contributed by atoms with Gasteiger partial charge in [0, 0.05) is 50.3 Å². The Kier molecular flexibility index (Phi) is 6.93. The lowest BCUT2D eigenvalue weighted by Crippen LogP contribution is -2.43. The lowest BCUT2D eigenvalue weighted by atomic mass is 9.92. The number of sulfonamides is 1. The molecule has 0 radical (unpaired) electrons. The second-order valence-corrected chi connectivity index (χ2v) is 9.51. The van der Waals surface area contributed by atoms with Crippen LogP contribution in [0.4, 0.5) is 5.82 Å². The minimum absolute atomic E-state index is 0.0493. The highest BCUT2D eigenvalue weighted by Gasteiger charge is 2.29. The first kappa shape index (κ1) is 21.2. The highest BCUT2D eigenvalue weighted by molar-refractivity contribution is 7.89. The van der Waals surface area contributed by atoms with Crippen LogP contribution in [-0.2, 0) is 21.3 Å². The van der Waals surface area contributed by atoms with E-state index in [1.807, 2.05) is 17.0 Å². The largest absolute Gasteiger partial charge is 0.378 e. The monoisotopic (exact) mass is 431 g/mol. The molecule has 2 aliphatic rings. The molecular formula is C21H29N5O3S. The molecule has 2 N–H and O–H groups in total. The van der Waals surface area contributed by atoms with E-state index in [1.165, 1.54) is 5.56 Å². The SMILES string of the molecule is O=S(=O)(NC1CCC(NCc2ccncc2)CC1)c1cccnc1N1CCOCC1. The van der Waals surface area contributed by atoms with Gasteiger partial charge in [-0.3, -0.25) is 4.98 Å². The highest BCUT2D eigenvalue weighted by Crippen LogP contribution is 2.26. The standard InChI is InChI=1S/C21H29N5O3S/c27-30(28,20-2-1-9-23-21(20)26-12-14-29-15-13-26)25-19-5-3-18(4-6-19)24-16-17-7-10-22-11-8-17/h1-2,7-11,18-19,24-25H,3-6,12-16H2. The summed E-state index contributed by atoms with van der Waals surface area (Å²) in [6.07, 6.45) is 8.77. The molecule has 0 aromatic carbocycles. The van der Waals surface area contributed by atoms with Crippen LogP contribution in [0.1, 0.15) is 31.2 Å². The van der Waals surface area contributed by atoms with Gasteiger partial charge in [-0.1, -0.05) is 0 Å².